The average Bonchev–Trinajstić information content (AvgIpc) is 3.25. The van der Waals surface area contributed by atoms with Crippen LogP contribution in [0.25, 0.3) is 11.1 Å². The van der Waals surface area contributed by atoms with E-state index in [4.69, 9.17) is 18.9 Å². The van der Waals surface area contributed by atoms with E-state index >= 15 is 0 Å². The van der Waals surface area contributed by atoms with E-state index in [9.17, 15) is 19.2 Å². The lowest BCUT2D eigenvalue weighted by atomic mass is 9.95. The first kappa shape index (κ1) is 35.6. The summed E-state index contributed by atoms with van der Waals surface area (Å²) >= 11 is 2.60. The lowest BCUT2D eigenvalue weighted by molar-refractivity contribution is -0.120. The summed E-state index contributed by atoms with van der Waals surface area (Å²) in [6.45, 7) is 5.05. The molecule has 0 bridgehead atoms. The number of anilines is 2. The molecule has 0 spiro atoms. The second-order valence-corrected chi connectivity index (χ2v) is 12.7. The molecule has 2 amide bonds. The molecular weight excluding hydrogens is 645 g/mol. The number of thiazole rings is 1. The van der Waals surface area contributed by atoms with Gasteiger partial charge in [0, 0.05) is 12.5 Å². The second-order valence-electron chi connectivity index (χ2n) is 10.7. The van der Waals surface area contributed by atoms with Crippen LogP contribution in [0.3, 0.4) is 0 Å². The number of esters is 1. The van der Waals surface area contributed by atoms with Crippen molar-refractivity contribution in [2.75, 3.05) is 50.6 Å². The summed E-state index contributed by atoms with van der Waals surface area (Å²) in [4.78, 5) is 56.6. The van der Waals surface area contributed by atoms with Crippen LogP contribution in [-0.4, -0.2) is 68.8 Å². The maximum Gasteiger partial charge on any atom is 0.350 e. The maximum atomic E-state index is 13.8. The number of carbonyl (C=O) groups excluding carboxylic acids is 3. The van der Waals surface area contributed by atoms with Crippen LogP contribution in [-0.2, 0) is 20.7 Å². The number of methoxy groups -OCH3 is 3. The predicted octanol–water partition coefficient (Wildman–Crippen LogP) is 4.98. The molecule has 47 heavy (non-hydrogen) atoms. The minimum absolute atomic E-state index is 0.199. The quantitative estimate of drug-likeness (QED) is 0.209. The highest BCUT2D eigenvalue weighted by Gasteiger charge is 2.30. The number of aryl methyl sites for hydroxylation is 2. The molecule has 0 saturated heterocycles. The fourth-order valence-corrected chi connectivity index (χ4v) is 6.88. The zero-order chi connectivity index (χ0) is 34.2. The number of hydrogen-bond donors (Lipinski definition) is 3. The first-order valence-electron chi connectivity index (χ1n) is 15.0. The Balaban J connectivity index is 1.78. The highest BCUT2D eigenvalue weighted by atomic mass is 32.2. The Morgan fingerprint density at radius 3 is 2.49 bits per heavy atom. The molecule has 12 nitrogen and oxygen atoms in total. The van der Waals surface area contributed by atoms with E-state index in [2.05, 4.69) is 20.9 Å². The molecule has 0 aliphatic heterocycles. The third-order valence-electron chi connectivity index (χ3n) is 7.66. The molecule has 2 aromatic carbocycles. The van der Waals surface area contributed by atoms with E-state index in [0.29, 0.717) is 64.0 Å². The van der Waals surface area contributed by atoms with Gasteiger partial charge in [-0.25, -0.2) is 9.78 Å². The topological polar surface area (TPSA) is 154 Å². The number of nitrogens with zero attached hydrogens (tertiary/aromatic N) is 1. The van der Waals surface area contributed by atoms with Gasteiger partial charge in [-0.3, -0.25) is 14.4 Å². The van der Waals surface area contributed by atoms with Crippen LogP contribution < -0.4 is 35.6 Å². The maximum absolute atomic E-state index is 13.8. The predicted molar refractivity (Wildman–Crippen MR) is 185 cm³/mol. The minimum Gasteiger partial charge on any atom is -0.493 e. The SMILES string of the molecule is CCOC(=O)c1sc(NC(=O)C(CCSC)Nc2ccc3c(cc2=O)C(NC(C)=O)CCc2cc(OC)c(OC)c(OC)c2-3)nc1C. The smallest absolute Gasteiger partial charge is 0.350 e. The number of nitrogens with one attached hydrogen (secondary N) is 3. The first-order valence-corrected chi connectivity index (χ1v) is 17.3. The molecule has 4 rings (SSSR count). The molecule has 0 radical (unpaired) electrons. The number of hydrogen-bond acceptors (Lipinski definition) is 12. The Bertz CT molecular complexity index is 1710. The van der Waals surface area contributed by atoms with Crippen molar-refractivity contribution in [1.82, 2.24) is 10.3 Å². The van der Waals surface area contributed by atoms with Crippen molar-refractivity contribution >= 4 is 51.7 Å². The van der Waals surface area contributed by atoms with Gasteiger partial charge in [0.1, 0.15) is 10.9 Å². The summed E-state index contributed by atoms with van der Waals surface area (Å²) in [6.07, 6.45) is 3.42. The largest absolute Gasteiger partial charge is 0.493 e. The summed E-state index contributed by atoms with van der Waals surface area (Å²) in [5.74, 6) is 0.845. The highest BCUT2D eigenvalue weighted by molar-refractivity contribution is 7.98. The first-order chi connectivity index (χ1) is 22.6. The van der Waals surface area contributed by atoms with Crippen molar-refractivity contribution in [3.63, 3.8) is 0 Å². The van der Waals surface area contributed by atoms with Crippen LogP contribution in [0.1, 0.15) is 59.2 Å². The molecule has 0 saturated carbocycles. The summed E-state index contributed by atoms with van der Waals surface area (Å²) in [5, 5.41) is 9.21. The molecule has 252 valence electrons. The number of amides is 2. The van der Waals surface area contributed by atoms with Crippen LogP contribution >= 0.6 is 23.1 Å². The van der Waals surface area contributed by atoms with Gasteiger partial charge in [-0.05, 0) is 80.0 Å². The summed E-state index contributed by atoms with van der Waals surface area (Å²) in [6, 6.07) is 5.56. The van der Waals surface area contributed by atoms with Gasteiger partial charge in [-0.2, -0.15) is 11.8 Å². The van der Waals surface area contributed by atoms with Gasteiger partial charge in [-0.1, -0.05) is 17.4 Å². The standard InChI is InChI=1S/C33H40N4O8S2/c1-8-45-32(41)30-17(2)34-33(47-30)37-31(40)24(13-14-46-7)36-23-12-10-20-21(16-25(23)39)22(35-18(3)38)11-9-19-15-26(42-4)28(43-5)29(44-6)27(19)20/h10,12,15-16,22,24H,8-9,11,13-14H2,1-7H3,(H,35,38)(H,36,39)(H,34,37,40). The number of aromatic nitrogens is 1. The summed E-state index contributed by atoms with van der Waals surface area (Å²) in [5.41, 5.74) is 3.20. The van der Waals surface area contributed by atoms with Crippen LogP contribution in [0.2, 0.25) is 0 Å². The molecule has 1 aromatic heterocycles. The molecule has 3 N–H and O–H groups in total. The number of ether oxygens (including phenoxy) is 4. The summed E-state index contributed by atoms with van der Waals surface area (Å²) in [7, 11) is 4.61. The van der Waals surface area contributed by atoms with Crippen molar-refractivity contribution in [3.8, 4) is 28.4 Å². The van der Waals surface area contributed by atoms with E-state index in [0.717, 1.165) is 22.5 Å². The number of benzene rings is 1. The fourth-order valence-electron chi connectivity index (χ4n) is 5.55. The Morgan fingerprint density at radius 1 is 1.11 bits per heavy atom. The normalized spacial score (nSPS) is 14.1. The fraction of sp³-hybridized carbons (Fsp3) is 0.424. The Labute approximate surface area is 281 Å². The molecule has 2 unspecified atom stereocenters. The molecule has 0 fully saturated rings. The van der Waals surface area contributed by atoms with E-state index in [1.54, 1.807) is 44.9 Å². The van der Waals surface area contributed by atoms with Crippen molar-refractivity contribution in [2.24, 2.45) is 0 Å². The lowest BCUT2D eigenvalue weighted by Crippen LogP contribution is -2.36. The zero-order valence-electron chi connectivity index (χ0n) is 27.5. The van der Waals surface area contributed by atoms with E-state index < -0.39 is 24.0 Å². The Hall–Kier alpha value is -4.30. The van der Waals surface area contributed by atoms with Crippen molar-refractivity contribution < 1.29 is 33.3 Å². The zero-order valence-corrected chi connectivity index (χ0v) is 29.2. The second kappa shape index (κ2) is 16.0. The van der Waals surface area contributed by atoms with Crippen LogP contribution in [0.5, 0.6) is 17.2 Å². The number of rotatable bonds is 13. The highest BCUT2D eigenvalue weighted by Crippen LogP contribution is 2.50. The molecular formula is C33H40N4O8S2. The number of fused-ring (bicyclic) bond motifs is 3. The van der Waals surface area contributed by atoms with E-state index in [1.165, 1.54) is 27.2 Å². The molecule has 1 aliphatic carbocycles. The van der Waals surface area contributed by atoms with Gasteiger partial charge in [0.15, 0.2) is 16.6 Å². The van der Waals surface area contributed by atoms with Gasteiger partial charge in [-0.15, -0.1) is 0 Å². The monoisotopic (exact) mass is 684 g/mol. The van der Waals surface area contributed by atoms with Gasteiger partial charge >= 0.3 is 5.97 Å². The van der Waals surface area contributed by atoms with Crippen LogP contribution in [0.15, 0.2) is 29.1 Å². The molecule has 1 heterocycles. The number of thioether (sulfide) groups is 1. The molecule has 14 heteroatoms. The third-order valence-corrected chi connectivity index (χ3v) is 9.36. The lowest BCUT2D eigenvalue weighted by Gasteiger charge is -2.19. The van der Waals surface area contributed by atoms with Crippen LogP contribution in [0.4, 0.5) is 10.8 Å². The molecule has 2 atom stereocenters. The van der Waals surface area contributed by atoms with Gasteiger partial charge in [0.25, 0.3) is 0 Å². The molecule has 3 aromatic rings. The average molecular weight is 685 g/mol. The van der Waals surface area contributed by atoms with Gasteiger partial charge < -0.3 is 34.9 Å². The minimum atomic E-state index is -0.801. The number of carbonyl (C=O) groups is 3. The van der Waals surface area contributed by atoms with Gasteiger partial charge in [0.2, 0.25) is 23.0 Å². The molecule has 1 aliphatic rings. The van der Waals surface area contributed by atoms with E-state index in [-0.39, 0.29) is 28.8 Å². The summed E-state index contributed by atoms with van der Waals surface area (Å²) < 4.78 is 22.2. The van der Waals surface area contributed by atoms with Crippen molar-refractivity contribution in [1.29, 1.82) is 0 Å². The van der Waals surface area contributed by atoms with Gasteiger partial charge in [0.05, 0.1) is 45.4 Å². The third kappa shape index (κ3) is 7.99. The van der Waals surface area contributed by atoms with E-state index in [1.807, 2.05) is 12.3 Å². The van der Waals surface area contributed by atoms with Crippen molar-refractivity contribution in [2.45, 2.75) is 52.1 Å². The Morgan fingerprint density at radius 2 is 1.85 bits per heavy atom. The van der Waals surface area contributed by atoms with Crippen LogP contribution in [0, 0.1) is 6.92 Å². The Kier molecular flexibility index (Phi) is 12.1. The van der Waals surface area contributed by atoms with Crippen molar-refractivity contribution in [3.05, 3.63) is 56.2 Å².